The van der Waals surface area contributed by atoms with Crippen molar-refractivity contribution in [2.45, 2.75) is 0 Å². The van der Waals surface area contributed by atoms with E-state index in [9.17, 15) is 0 Å². The third kappa shape index (κ3) is 4.30. The first-order valence-corrected chi connectivity index (χ1v) is 5.76. The van der Waals surface area contributed by atoms with Crippen molar-refractivity contribution in [3.63, 3.8) is 0 Å². The minimum Gasteiger partial charge on any atom is -0.545 e. The van der Waals surface area contributed by atoms with Crippen LogP contribution in [0.3, 0.4) is 0 Å². The zero-order valence-corrected chi connectivity index (χ0v) is 13.7. The van der Waals surface area contributed by atoms with E-state index in [0.717, 1.165) is 5.69 Å². The standard InChI is InChI=1S/C13H11BN2.2CHO.Pt/c1-15-12-9-5-6-10-13(12)16(14-15)11-7-3-2-4-8-11;2*1-2;/h2-7,9-10H,1H3;2*1H;/q3*-1;. The Hall–Kier alpha value is -1.87. The molecule has 0 N–H and O–H groups in total. The van der Waals surface area contributed by atoms with Crippen LogP contribution in [-0.2, 0) is 30.7 Å². The molecule has 1 aliphatic heterocycles. The molecule has 1 radical (unpaired) electrons. The fraction of sp³-hybridized carbons (Fsp3) is 0.0667. The number of hydrogen-bond donors (Lipinski definition) is 0. The predicted octanol–water partition coefficient (Wildman–Crippen LogP) is 2.06. The van der Waals surface area contributed by atoms with E-state index in [2.05, 4.69) is 74.2 Å². The molecule has 0 fully saturated rings. The smallest absolute Gasteiger partial charge is 0.394 e. The average Bonchev–Trinajstić information content (AvgIpc) is 2.90. The summed E-state index contributed by atoms with van der Waals surface area (Å²) in [6, 6.07) is 19.6. The second-order valence-electron chi connectivity index (χ2n) is 3.83. The van der Waals surface area contributed by atoms with Crippen LogP contribution in [0.15, 0.2) is 48.5 Å². The maximum atomic E-state index is 7.75. The molecule has 1 heterocycles. The van der Waals surface area contributed by atoms with Crippen LogP contribution in [0.5, 0.6) is 0 Å². The van der Waals surface area contributed by atoms with E-state index in [-0.39, 0.29) is 21.1 Å². The quantitative estimate of drug-likeness (QED) is 0.372. The second-order valence-corrected chi connectivity index (χ2v) is 3.83. The SMILES string of the molecule is CN1[B]N(c2[c-]cccc2)c2ccccc21.[CH-]=O.[CH-]=O.[Pt]. The van der Waals surface area contributed by atoms with Crippen molar-refractivity contribution in [3.8, 4) is 0 Å². The fourth-order valence-electron chi connectivity index (χ4n) is 1.99. The van der Waals surface area contributed by atoms with Gasteiger partial charge in [0.2, 0.25) is 0 Å². The summed E-state index contributed by atoms with van der Waals surface area (Å²) < 4.78 is 0. The van der Waals surface area contributed by atoms with Crippen molar-refractivity contribution >= 4 is 38.2 Å². The van der Waals surface area contributed by atoms with Gasteiger partial charge in [-0.15, -0.1) is 6.07 Å². The Morgan fingerprint density at radius 3 is 2.10 bits per heavy atom. The molecule has 111 valence electrons. The van der Waals surface area contributed by atoms with E-state index in [1.807, 2.05) is 18.2 Å². The zero-order valence-electron chi connectivity index (χ0n) is 11.4. The van der Waals surface area contributed by atoms with Gasteiger partial charge in [-0.25, -0.2) is 0 Å². The summed E-state index contributed by atoms with van der Waals surface area (Å²) in [7, 11) is 4.14. The molecule has 0 aromatic heterocycles. The van der Waals surface area contributed by atoms with Crippen LogP contribution in [-0.4, -0.2) is 28.2 Å². The predicted molar refractivity (Wildman–Crippen MR) is 81.5 cm³/mol. The van der Waals surface area contributed by atoms with Gasteiger partial charge in [-0.2, -0.15) is 24.3 Å². The van der Waals surface area contributed by atoms with Crippen LogP contribution in [0.1, 0.15) is 0 Å². The van der Waals surface area contributed by atoms with Crippen LogP contribution >= 0.6 is 0 Å². The summed E-state index contributed by atoms with van der Waals surface area (Å²) in [6.07, 6.45) is 0. The first-order valence-electron chi connectivity index (χ1n) is 5.76. The van der Waals surface area contributed by atoms with Gasteiger partial charge in [0.05, 0.1) is 5.69 Å². The van der Waals surface area contributed by atoms with Gasteiger partial charge >= 0.3 is 7.55 Å². The van der Waals surface area contributed by atoms with Crippen molar-refractivity contribution in [1.82, 2.24) is 0 Å². The van der Waals surface area contributed by atoms with Crippen molar-refractivity contribution in [2.75, 3.05) is 16.7 Å². The van der Waals surface area contributed by atoms with Gasteiger partial charge in [0.25, 0.3) is 0 Å². The molecule has 0 bridgehead atoms. The molecule has 0 saturated carbocycles. The number of benzene rings is 2. The molecule has 0 spiro atoms. The van der Waals surface area contributed by atoms with E-state index in [1.54, 1.807) is 0 Å². The largest absolute Gasteiger partial charge is 0.545 e. The number of nitrogens with zero attached hydrogens (tertiary/aromatic N) is 2. The maximum absolute atomic E-state index is 7.75. The van der Waals surface area contributed by atoms with Crippen LogP contribution in [0.2, 0.25) is 0 Å². The van der Waals surface area contributed by atoms with Gasteiger partial charge in [0, 0.05) is 26.8 Å². The number of rotatable bonds is 1. The molecule has 4 nitrogen and oxygen atoms in total. The van der Waals surface area contributed by atoms with Crippen molar-refractivity contribution in [1.29, 1.82) is 0 Å². The zero-order chi connectivity index (χ0) is 15.0. The minimum atomic E-state index is 0. The maximum Gasteiger partial charge on any atom is 0.394 e. The topological polar surface area (TPSA) is 40.6 Å². The molecule has 1 aliphatic rings. The summed E-state index contributed by atoms with van der Waals surface area (Å²) in [5.74, 6) is 0. The Kier molecular flexibility index (Phi) is 9.06. The number of hydrogen-bond acceptors (Lipinski definition) is 4. The molecule has 0 atom stereocenters. The molecule has 2 aromatic rings. The monoisotopic (exact) mass is 459 g/mol. The van der Waals surface area contributed by atoms with Gasteiger partial charge < -0.3 is 19.2 Å². The Labute approximate surface area is 140 Å². The van der Waals surface area contributed by atoms with Crippen LogP contribution in [0, 0.1) is 6.07 Å². The van der Waals surface area contributed by atoms with E-state index in [1.165, 1.54) is 11.4 Å². The fourth-order valence-corrected chi connectivity index (χ4v) is 1.99. The van der Waals surface area contributed by atoms with E-state index in [0.29, 0.717) is 0 Å². The van der Waals surface area contributed by atoms with E-state index < -0.39 is 0 Å². The summed E-state index contributed by atoms with van der Waals surface area (Å²) >= 11 is 0. The van der Waals surface area contributed by atoms with E-state index >= 15 is 0 Å². The number of carbonyl (C=O) groups excluding carboxylic acids is 2. The summed E-state index contributed by atoms with van der Waals surface area (Å²) in [6.45, 7) is 6.50. The molecule has 3 rings (SSSR count). The molecule has 6 heteroatoms. The summed E-state index contributed by atoms with van der Waals surface area (Å²) in [4.78, 5) is 19.8. The van der Waals surface area contributed by atoms with Gasteiger partial charge in [0.15, 0.2) is 0 Å². The van der Waals surface area contributed by atoms with Gasteiger partial charge in [-0.05, 0) is 19.2 Å². The second kappa shape index (κ2) is 9.95. The van der Waals surface area contributed by atoms with Crippen LogP contribution in [0.25, 0.3) is 0 Å². The molecule has 0 unspecified atom stereocenters. The molecular formula is C15H13BN2O2Pt-3. The van der Waals surface area contributed by atoms with Crippen molar-refractivity contribution in [2.24, 2.45) is 0 Å². The first-order chi connectivity index (χ1) is 9.86. The average molecular weight is 459 g/mol. The third-order valence-electron chi connectivity index (χ3n) is 2.76. The van der Waals surface area contributed by atoms with Gasteiger partial charge in [-0.1, -0.05) is 17.8 Å². The number of fused-ring (bicyclic) bond motifs is 1. The molecule has 0 saturated heterocycles. The van der Waals surface area contributed by atoms with Crippen molar-refractivity contribution in [3.05, 3.63) is 54.6 Å². The summed E-state index contributed by atoms with van der Waals surface area (Å²) in [5.41, 5.74) is 3.49. The first kappa shape index (κ1) is 19.1. The molecule has 0 amide bonds. The van der Waals surface area contributed by atoms with Gasteiger partial charge in [-0.3, -0.25) is 13.6 Å². The Morgan fingerprint density at radius 1 is 0.952 bits per heavy atom. The van der Waals surface area contributed by atoms with Crippen LogP contribution in [0.4, 0.5) is 17.1 Å². The molecule has 0 aliphatic carbocycles. The number of anilines is 3. The van der Waals surface area contributed by atoms with Crippen LogP contribution < -0.4 is 9.62 Å². The van der Waals surface area contributed by atoms with E-state index in [4.69, 9.17) is 9.59 Å². The Morgan fingerprint density at radius 2 is 1.52 bits per heavy atom. The third-order valence-corrected chi connectivity index (χ3v) is 2.76. The Bertz CT molecular complexity index is 540. The molecule has 2 aromatic carbocycles. The molecular weight excluding hydrogens is 446 g/mol. The Balaban J connectivity index is 0.000000741. The minimum absolute atomic E-state index is 0. The van der Waals surface area contributed by atoms with Gasteiger partial charge in [0.1, 0.15) is 0 Å². The van der Waals surface area contributed by atoms with Crippen molar-refractivity contribution < 1.29 is 30.7 Å². The normalized spacial score (nSPS) is 10.7. The molecule has 21 heavy (non-hydrogen) atoms. The summed E-state index contributed by atoms with van der Waals surface area (Å²) in [5, 5.41) is 0. The number of para-hydroxylation sites is 3.